The highest BCUT2D eigenvalue weighted by atomic mass is 32.1. The molecule has 19 heavy (non-hydrogen) atoms. The van der Waals surface area contributed by atoms with Gasteiger partial charge in [-0.25, -0.2) is 0 Å². The van der Waals surface area contributed by atoms with Gasteiger partial charge in [-0.15, -0.1) is 11.3 Å². The van der Waals surface area contributed by atoms with Gasteiger partial charge in [0.15, 0.2) is 4.77 Å². The molecule has 1 N–H and O–H groups in total. The van der Waals surface area contributed by atoms with Crippen LogP contribution in [0.5, 0.6) is 0 Å². The smallest absolute Gasteiger partial charge is 0.263 e. The van der Waals surface area contributed by atoms with E-state index in [1.54, 1.807) is 4.57 Å². The first-order valence-electron chi connectivity index (χ1n) is 6.96. The zero-order valence-electron chi connectivity index (χ0n) is 10.9. The highest BCUT2D eigenvalue weighted by Crippen LogP contribution is 2.28. The summed E-state index contributed by atoms with van der Waals surface area (Å²) in [5.41, 5.74) is 0.0615. The number of thiophene rings is 1. The normalized spacial score (nSPS) is 16.4. The maximum atomic E-state index is 12.3. The lowest BCUT2D eigenvalue weighted by Gasteiger charge is -2.10. The Kier molecular flexibility index (Phi) is 3.84. The van der Waals surface area contributed by atoms with E-state index >= 15 is 0 Å². The van der Waals surface area contributed by atoms with E-state index in [1.165, 1.54) is 43.4 Å². The van der Waals surface area contributed by atoms with E-state index in [9.17, 15) is 4.79 Å². The topological polar surface area (TPSA) is 37.8 Å². The van der Waals surface area contributed by atoms with Crippen molar-refractivity contribution >= 4 is 33.8 Å². The van der Waals surface area contributed by atoms with Crippen molar-refractivity contribution in [2.24, 2.45) is 5.92 Å². The van der Waals surface area contributed by atoms with Crippen LogP contribution in [0, 0.1) is 10.7 Å². The van der Waals surface area contributed by atoms with Crippen LogP contribution in [-0.2, 0) is 6.54 Å². The summed E-state index contributed by atoms with van der Waals surface area (Å²) >= 11 is 6.83. The molecule has 1 aliphatic carbocycles. The van der Waals surface area contributed by atoms with Gasteiger partial charge in [-0.2, -0.15) is 0 Å². The lowest BCUT2D eigenvalue weighted by Crippen LogP contribution is -2.21. The van der Waals surface area contributed by atoms with Gasteiger partial charge in [0.2, 0.25) is 0 Å². The average molecular weight is 294 g/mol. The number of fused-ring (bicyclic) bond motifs is 1. The highest BCUT2D eigenvalue weighted by molar-refractivity contribution is 7.71. The Morgan fingerprint density at radius 3 is 3.00 bits per heavy atom. The van der Waals surface area contributed by atoms with Gasteiger partial charge in [0.05, 0.1) is 5.39 Å². The van der Waals surface area contributed by atoms with Crippen LogP contribution in [0.1, 0.15) is 38.5 Å². The Bertz CT molecular complexity index is 677. The van der Waals surface area contributed by atoms with Gasteiger partial charge in [0.25, 0.3) is 5.56 Å². The van der Waals surface area contributed by atoms with Crippen LogP contribution in [0.3, 0.4) is 0 Å². The van der Waals surface area contributed by atoms with E-state index in [-0.39, 0.29) is 5.56 Å². The number of aromatic nitrogens is 2. The van der Waals surface area contributed by atoms with Crippen LogP contribution in [0.15, 0.2) is 16.2 Å². The number of hydrogen-bond donors (Lipinski definition) is 1. The molecule has 0 bridgehead atoms. The Morgan fingerprint density at radius 1 is 1.42 bits per heavy atom. The van der Waals surface area contributed by atoms with Crippen LogP contribution >= 0.6 is 23.6 Å². The first kappa shape index (κ1) is 13.1. The molecule has 0 spiro atoms. The first-order valence-corrected chi connectivity index (χ1v) is 8.25. The molecule has 2 aromatic heterocycles. The van der Waals surface area contributed by atoms with E-state index in [4.69, 9.17) is 12.2 Å². The van der Waals surface area contributed by atoms with Gasteiger partial charge >= 0.3 is 0 Å². The molecule has 0 aliphatic heterocycles. The van der Waals surface area contributed by atoms with Crippen LogP contribution in [0.2, 0.25) is 0 Å². The molecule has 0 unspecified atom stereocenters. The van der Waals surface area contributed by atoms with Gasteiger partial charge < -0.3 is 4.98 Å². The van der Waals surface area contributed by atoms with Crippen LogP contribution in [-0.4, -0.2) is 9.55 Å². The van der Waals surface area contributed by atoms with Crippen LogP contribution in [0.25, 0.3) is 10.2 Å². The fourth-order valence-electron chi connectivity index (χ4n) is 3.02. The second-order valence-electron chi connectivity index (χ2n) is 5.34. The van der Waals surface area contributed by atoms with Crippen molar-refractivity contribution in [3.63, 3.8) is 0 Å². The Balaban J connectivity index is 1.76. The van der Waals surface area contributed by atoms with Crippen molar-refractivity contribution in [1.82, 2.24) is 9.55 Å². The predicted molar refractivity (Wildman–Crippen MR) is 82.5 cm³/mol. The molecule has 0 saturated heterocycles. The quantitative estimate of drug-likeness (QED) is 0.862. The molecule has 0 radical (unpaired) electrons. The number of H-pyrrole nitrogens is 1. The monoisotopic (exact) mass is 294 g/mol. The first-order chi connectivity index (χ1) is 9.25. The Labute approximate surface area is 121 Å². The Hall–Kier alpha value is -0.940. The molecule has 3 rings (SSSR count). The summed E-state index contributed by atoms with van der Waals surface area (Å²) in [4.78, 5) is 16.4. The molecule has 0 atom stereocenters. The number of nitrogens with one attached hydrogen (secondary N) is 1. The molecule has 102 valence electrons. The molecule has 1 saturated carbocycles. The summed E-state index contributed by atoms with van der Waals surface area (Å²) in [5, 5.41) is 2.69. The maximum Gasteiger partial charge on any atom is 0.263 e. The highest BCUT2D eigenvalue weighted by Gasteiger charge is 2.14. The fourth-order valence-corrected chi connectivity index (χ4v) is 4.14. The summed E-state index contributed by atoms with van der Waals surface area (Å²) in [6, 6.07) is 1.88. The third-order valence-electron chi connectivity index (χ3n) is 4.08. The van der Waals surface area contributed by atoms with E-state index < -0.39 is 0 Å². The van der Waals surface area contributed by atoms with E-state index in [2.05, 4.69) is 4.98 Å². The zero-order chi connectivity index (χ0) is 13.2. The summed E-state index contributed by atoms with van der Waals surface area (Å²) < 4.78 is 2.28. The van der Waals surface area contributed by atoms with Gasteiger partial charge in [0, 0.05) is 6.54 Å². The second-order valence-corrected chi connectivity index (χ2v) is 6.65. The number of hydrogen-bond acceptors (Lipinski definition) is 3. The summed E-state index contributed by atoms with van der Waals surface area (Å²) in [5.74, 6) is 0.873. The van der Waals surface area contributed by atoms with Gasteiger partial charge in [-0.1, -0.05) is 25.7 Å². The SMILES string of the molecule is O=c1c2ccsc2[nH]c(=S)n1CCCC1CCCC1. The molecule has 1 aliphatic rings. The molecular formula is C14H18N2OS2. The number of rotatable bonds is 4. The summed E-state index contributed by atoms with van der Waals surface area (Å²) in [6.07, 6.45) is 7.77. The van der Waals surface area contributed by atoms with Gasteiger partial charge in [0.1, 0.15) is 4.83 Å². The van der Waals surface area contributed by atoms with Gasteiger partial charge in [-0.3, -0.25) is 9.36 Å². The van der Waals surface area contributed by atoms with Crippen molar-refractivity contribution < 1.29 is 0 Å². The minimum absolute atomic E-state index is 0.0615. The number of nitrogens with zero attached hydrogens (tertiary/aromatic N) is 1. The molecule has 0 aromatic carbocycles. The van der Waals surface area contributed by atoms with Crippen molar-refractivity contribution in [2.45, 2.75) is 45.1 Å². The lowest BCUT2D eigenvalue weighted by molar-refractivity contribution is 0.453. The average Bonchev–Trinajstić information content (AvgIpc) is 3.03. The second kappa shape index (κ2) is 5.59. The molecule has 0 amide bonds. The van der Waals surface area contributed by atoms with Gasteiger partial charge in [-0.05, 0) is 42.4 Å². The van der Waals surface area contributed by atoms with Crippen molar-refractivity contribution in [3.8, 4) is 0 Å². The predicted octanol–water partition coefficient (Wildman–Crippen LogP) is 4.09. The molecular weight excluding hydrogens is 276 g/mol. The van der Waals surface area contributed by atoms with Crippen LogP contribution in [0.4, 0.5) is 0 Å². The zero-order valence-corrected chi connectivity index (χ0v) is 12.5. The minimum Gasteiger partial charge on any atom is -0.323 e. The van der Waals surface area contributed by atoms with Crippen molar-refractivity contribution in [2.75, 3.05) is 0 Å². The minimum atomic E-state index is 0.0615. The van der Waals surface area contributed by atoms with E-state index in [0.717, 1.165) is 29.1 Å². The van der Waals surface area contributed by atoms with Crippen molar-refractivity contribution in [3.05, 3.63) is 26.6 Å². The maximum absolute atomic E-state index is 12.3. The van der Waals surface area contributed by atoms with Crippen molar-refractivity contribution in [1.29, 1.82) is 0 Å². The largest absolute Gasteiger partial charge is 0.323 e. The summed E-state index contributed by atoms with van der Waals surface area (Å²) in [6.45, 7) is 0.746. The van der Waals surface area contributed by atoms with E-state index in [1.807, 2.05) is 11.4 Å². The molecule has 2 heterocycles. The Morgan fingerprint density at radius 2 is 2.21 bits per heavy atom. The van der Waals surface area contributed by atoms with E-state index in [0.29, 0.717) is 4.77 Å². The third-order valence-corrected chi connectivity index (χ3v) is 5.23. The number of aromatic amines is 1. The molecule has 2 aromatic rings. The lowest BCUT2D eigenvalue weighted by atomic mass is 10.0. The fraction of sp³-hybridized carbons (Fsp3) is 0.571. The standard InChI is InChI=1S/C14H18N2OS2/c17-13-11-7-9-19-12(11)15-14(18)16(13)8-3-6-10-4-1-2-5-10/h7,9-10H,1-6,8H2,(H,15,18). The third kappa shape index (κ3) is 2.67. The summed E-state index contributed by atoms with van der Waals surface area (Å²) in [7, 11) is 0. The molecule has 3 nitrogen and oxygen atoms in total. The van der Waals surface area contributed by atoms with Crippen LogP contribution < -0.4 is 5.56 Å². The molecule has 1 fully saturated rings. The molecule has 5 heteroatoms.